The highest BCUT2D eigenvalue weighted by atomic mass is 16.3. The molecule has 0 heterocycles. The number of allylic oxidation sites excluding steroid dienone is 1. The molecule has 0 aromatic heterocycles. The molecule has 0 bridgehead atoms. The second kappa shape index (κ2) is 16.0. The van der Waals surface area contributed by atoms with Gasteiger partial charge in [-0.3, -0.25) is 0 Å². The smallest absolute Gasteiger partial charge is 0.0857 e. The highest BCUT2D eigenvalue weighted by Gasteiger charge is 2.22. The minimum atomic E-state index is 0.284. The maximum atomic E-state index is 9.65. The molecular weight excluding hydrogens is 496 g/mol. The first kappa shape index (κ1) is 32.7. The van der Waals surface area contributed by atoms with Crippen molar-refractivity contribution in [2.24, 2.45) is 0 Å². The van der Waals surface area contributed by atoms with Crippen LogP contribution in [0.3, 0.4) is 0 Å². The first-order chi connectivity index (χ1) is 19.6. The normalized spacial score (nSPS) is 14.5. The van der Waals surface area contributed by atoms with Gasteiger partial charge in [0.2, 0.25) is 0 Å². The van der Waals surface area contributed by atoms with Crippen molar-refractivity contribution in [3.63, 3.8) is 0 Å². The predicted molar refractivity (Wildman–Crippen MR) is 179 cm³/mol. The third kappa shape index (κ3) is 10.2. The highest BCUT2D eigenvalue weighted by Crippen LogP contribution is 2.36. The molecule has 1 fully saturated rings. The standard InChI is InChI=1S/C24H30O.C12H18.C4H8/c1-4-20(16-18(3)25)23-15-14-21(22-6-5-7-24(22)23)13-12-19-10-8-17(2)9-11-19;1-5-10-6-8-11(9-7-10)12(2,3)4;1-2-4-3-1/h8-11,14-15,20,25H,3-7,12-13,16H2,1-2H3;6-9H,5H2,1-4H3;1-4H2. The number of benzene rings is 3. The Labute approximate surface area is 252 Å². The van der Waals surface area contributed by atoms with E-state index in [1.165, 1.54) is 78.3 Å². The van der Waals surface area contributed by atoms with Gasteiger partial charge in [-0.25, -0.2) is 0 Å². The summed E-state index contributed by atoms with van der Waals surface area (Å²) >= 11 is 0. The molecule has 0 amide bonds. The minimum absolute atomic E-state index is 0.284. The molecule has 1 atom stereocenters. The van der Waals surface area contributed by atoms with Crippen molar-refractivity contribution < 1.29 is 5.11 Å². The van der Waals surface area contributed by atoms with Crippen molar-refractivity contribution in [1.29, 1.82) is 0 Å². The molecule has 1 saturated carbocycles. The summed E-state index contributed by atoms with van der Waals surface area (Å²) in [6.45, 7) is 17.0. The Morgan fingerprint density at radius 1 is 0.756 bits per heavy atom. The van der Waals surface area contributed by atoms with Crippen LogP contribution in [-0.2, 0) is 37.5 Å². The fourth-order valence-corrected chi connectivity index (χ4v) is 5.71. The lowest BCUT2D eigenvalue weighted by molar-refractivity contribution is 0.374. The largest absolute Gasteiger partial charge is 0.513 e. The van der Waals surface area contributed by atoms with E-state index in [0.29, 0.717) is 18.1 Å². The summed E-state index contributed by atoms with van der Waals surface area (Å²) < 4.78 is 0. The Hall–Kier alpha value is -2.80. The van der Waals surface area contributed by atoms with Crippen molar-refractivity contribution in [1.82, 2.24) is 0 Å². The average molecular weight is 553 g/mol. The van der Waals surface area contributed by atoms with E-state index >= 15 is 0 Å². The van der Waals surface area contributed by atoms with Crippen molar-refractivity contribution in [2.45, 2.75) is 130 Å². The van der Waals surface area contributed by atoms with E-state index < -0.39 is 0 Å². The van der Waals surface area contributed by atoms with Gasteiger partial charge in [0.05, 0.1) is 5.76 Å². The highest BCUT2D eigenvalue weighted by molar-refractivity contribution is 5.46. The summed E-state index contributed by atoms with van der Waals surface area (Å²) in [5.41, 5.74) is 12.0. The fourth-order valence-electron chi connectivity index (χ4n) is 5.71. The number of aryl methyl sites for hydroxylation is 4. The van der Waals surface area contributed by atoms with Gasteiger partial charge in [-0.15, -0.1) is 0 Å². The van der Waals surface area contributed by atoms with Crippen LogP contribution >= 0.6 is 0 Å². The summed E-state index contributed by atoms with van der Waals surface area (Å²) in [7, 11) is 0. The van der Waals surface area contributed by atoms with Crippen molar-refractivity contribution in [2.75, 3.05) is 0 Å². The fraction of sp³-hybridized carbons (Fsp3) is 0.500. The third-order valence-electron chi connectivity index (χ3n) is 8.86. The Kier molecular flexibility index (Phi) is 12.8. The van der Waals surface area contributed by atoms with Crippen LogP contribution < -0.4 is 0 Å². The number of rotatable bonds is 8. The molecule has 1 N–H and O–H groups in total. The lowest BCUT2D eigenvalue weighted by Crippen LogP contribution is -2.10. The summed E-state index contributed by atoms with van der Waals surface area (Å²) in [6, 6.07) is 22.5. The zero-order chi connectivity index (χ0) is 29.8. The Morgan fingerprint density at radius 2 is 1.34 bits per heavy atom. The minimum Gasteiger partial charge on any atom is -0.513 e. The van der Waals surface area contributed by atoms with Gasteiger partial charge in [-0.2, -0.15) is 0 Å². The Balaban J connectivity index is 0.000000238. The molecule has 1 heteroatoms. The zero-order valence-corrected chi connectivity index (χ0v) is 27.0. The van der Waals surface area contributed by atoms with Crippen LogP contribution in [0.25, 0.3) is 0 Å². The van der Waals surface area contributed by atoms with E-state index in [1.54, 1.807) is 11.1 Å². The van der Waals surface area contributed by atoms with Crippen LogP contribution in [0, 0.1) is 6.92 Å². The molecule has 2 aliphatic carbocycles. The van der Waals surface area contributed by atoms with Crippen molar-refractivity contribution in [3.05, 3.63) is 118 Å². The molecular formula is C40H56O. The van der Waals surface area contributed by atoms with Gasteiger partial charge in [0.15, 0.2) is 0 Å². The molecule has 2 aliphatic rings. The zero-order valence-electron chi connectivity index (χ0n) is 27.0. The predicted octanol–water partition coefficient (Wildman–Crippen LogP) is 11.3. The quantitative estimate of drug-likeness (QED) is 0.276. The number of aliphatic hydroxyl groups is 1. The van der Waals surface area contributed by atoms with E-state index in [9.17, 15) is 5.11 Å². The molecule has 0 saturated heterocycles. The van der Waals surface area contributed by atoms with E-state index in [2.05, 4.69) is 109 Å². The van der Waals surface area contributed by atoms with E-state index in [0.717, 1.165) is 25.7 Å². The maximum absolute atomic E-state index is 9.65. The number of hydrogen-bond acceptors (Lipinski definition) is 1. The molecule has 222 valence electrons. The second-order valence-electron chi connectivity index (χ2n) is 13.2. The van der Waals surface area contributed by atoms with Crippen molar-refractivity contribution in [3.8, 4) is 0 Å². The lowest BCUT2D eigenvalue weighted by Gasteiger charge is -2.20. The van der Waals surface area contributed by atoms with Crippen LogP contribution in [0.15, 0.2) is 73.0 Å². The van der Waals surface area contributed by atoms with E-state index in [1.807, 2.05) is 0 Å². The third-order valence-corrected chi connectivity index (χ3v) is 8.86. The summed E-state index contributed by atoms with van der Waals surface area (Å²) in [4.78, 5) is 0. The van der Waals surface area contributed by atoms with Gasteiger partial charge in [0.1, 0.15) is 0 Å². The van der Waals surface area contributed by atoms with E-state index in [4.69, 9.17) is 0 Å². The molecule has 1 nitrogen and oxygen atoms in total. The Bertz CT molecular complexity index is 1200. The molecule has 41 heavy (non-hydrogen) atoms. The van der Waals surface area contributed by atoms with E-state index in [-0.39, 0.29) is 5.41 Å². The van der Waals surface area contributed by atoms with Crippen LogP contribution in [-0.4, -0.2) is 5.11 Å². The van der Waals surface area contributed by atoms with Crippen LogP contribution in [0.2, 0.25) is 0 Å². The summed E-state index contributed by atoms with van der Waals surface area (Å²) in [6.07, 6.45) is 14.8. The summed E-state index contributed by atoms with van der Waals surface area (Å²) in [5.74, 6) is 0.706. The first-order valence-corrected chi connectivity index (χ1v) is 16.3. The van der Waals surface area contributed by atoms with Gasteiger partial charge in [0, 0.05) is 6.42 Å². The SMILES string of the molecule is C1CCC1.C=C(O)CC(CC)c1ccc(CCc2ccc(C)cc2)c2c1CCC2.CCc1ccc(C(C)(C)C)cc1. The van der Waals surface area contributed by atoms with Gasteiger partial charge >= 0.3 is 0 Å². The summed E-state index contributed by atoms with van der Waals surface area (Å²) in [5, 5.41) is 9.65. The van der Waals surface area contributed by atoms with Crippen LogP contribution in [0.4, 0.5) is 0 Å². The Morgan fingerprint density at radius 3 is 1.85 bits per heavy atom. The van der Waals surface area contributed by atoms with Gasteiger partial charge < -0.3 is 5.11 Å². The molecule has 5 rings (SSSR count). The van der Waals surface area contributed by atoms with Gasteiger partial charge in [-0.05, 0) is 102 Å². The molecule has 0 aliphatic heterocycles. The lowest BCUT2D eigenvalue weighted by atomic mass is 9.85. The van der Waals surface area contributed by atoms with Gasteiger partial charge in [-0.1, -0.05) is 133 Å². The number of aliphatic hydroxyl groups excluding tert-OH is 1. The second-order valence-corrected chi connectivity index (χ2v) is 13.2. The van der Waals surface area contributed by atoms with Crippen LogP contribution in [0.5, 0.6) is 0 Å². The van der Waals surface area contributed by atoms with Crippen LogP contribution in [0.1, 0.15) is 130 Å². The average Bonchev–Trinajstić information content (AvgIpc) is 3.41. The van der Waals surface area contributed by atoms with Gasteiger partial charge in [0.25, 0.3) is 0 Å². The van der Waals surface area contributed by atoms with Crippen molar-refractivity contribution >= 4 is 0 Å². The first-order valence-electron chi connectivity index (χ1n) is 16.3. The molecule has 0 radical (unpaired) electrons. The maximum Gasteiger partial charge on any atom is 0.0857 e. The number of hydrogen-bond donors (Lipinski definition) is 1. The number of fused-ring (bicyclic) bond motifs is 1. The molecule has 3 aromatic carbocycles. The molecule has 1 unspecified atom stereocenters. The molecule has 3 aromatic rings. The molecule has 0 spiro atoms. The monoisotopic (exact) mass is 552 g/mol. The topological polar surface area (TPSA) is 20.2 Å².